The third-order valence-corrected chi connectivity index (χ3v) is 3.34. The predicted molar refractivity (Wildman–Crippen MR) is 74.7 cm³/mol. The summed E-state index contributed by atoms with van der Waals surface area (Å²) < 4.78 is 0. The van der Waals surface area contributed by atoms with Crippen LogP contribution in [-0.2, 0) is 4.79 Å². The Labute approximate surface area is 115 Å². The van der Waals surface area contributed by atoms with Crippen LogP contribution in [0.3, 0.4) is 0 Å². The fourth-order valence-electron chi connectivity index (χ4n) is 2.25. The smallest absolute Gasteiger partial charge is 0.317 e. The first-order chi connectivity index (χ1) is 9.08. The van der Waals surface area contributed by atoms with Gasteiger partial charge in [-0.3, -0.25) is 4.79 Å². The van der Waals surface area contributed by atoms with Gasteiger partial charge < -0.3 is 20.9 Å². The number of nitrogens with zero attached hydrogens (tertiary/aromatic N) is 2. The highest BCUT2D eigenvalue weighted by molar-refractivity contribution is 5.78. The number of carbonyl (C=O) groups excluding carboxylic acids is 2. The van der Waals surface area contributed by atoms with Gasteiger partial charge in [-0.2, -0.15) is 0 Å². The van der Waals surface area contributed by atoms with Gasteiger partial charge in [0.25, 0.3) is 0 Å². The van der Waals surface area contributed by atoms with Gasteiger partial charge >= 0.3 is 6.03 Å². The maximum atomic E-state index is 12.0. The number of urea groups is 1. The van der Waals surface area contributed by atoms with Crippen LogP contribution in [0.25, 0.3) is 0 Å². The Kier molecular flexibility index (Phi) is 6.62. The van der Waals surface area contributed by atoms with Crippen LogP contribution in [0.15, 0.2) is 0 Å². The third-order valence-electron chi connectivity index (χ3n) is 3.34. The minimum atomic E-state index is -0.0442. The summed E-state index contributed by atoms with van der Waals surface area (Å²) in [4.78, 5) is 27.2. The lowest BCUT2D eigenvalue weighted by molar-refractivity contribution is -0.133. The predicted octanol–water partition coefficient (Wildman–Crippen LogP) is 0.378. The van der Waals surface area contributed by atoms with E-state index >= 15 is 0 Å². The molecule has 1 rings (SSSR count). The molecule has 0 aromatic rings. The molecule has 0 aromatic heterocycles. The van der Waals surface area contributed by atoms with E-state index in [2.05, 4.69) is 12.2 Å². The zero-order chi connectivity index (χ0) is 14.3. The van der Waals surface area contributed by atoms with E-state index in [1.807, 2.05) is 11.8 Å². The largest absolute Gasteiger partial charge is 0.339 e. The molecular formula is C13H26N4O2. The van der Waals surface area contributed by atoms with Crippen LogP contribution in [-0.4, -0.2) is 60.5 Å². The maximum absolute atomic E-state index is 12.0. The Bertz CT molecular complexity index is 301. The molecule has 1 atom stereocenters. The Hall–Kier alpha value is -1.30. The molecule has 1 heterocycles. The molecule has 0 saturated carbocycles. The third kappa shape index (κ3) is 5.06. The molecule has 110 valence electrons. The first-order valence-corrected chi connectivity index (χ1v) is 7.14. The van der Waals surface area contributed by atoms with Crippen LogP contribution in [0.2, 0.25) is 0 Å². The van der Waals surface area contributed by atoms with Gasteiger partial charge in [0.1, 0.15) is 0 Å². The summed E-state index contributed by atoms with van der Waals surface area (Å²) in [5.74, 6) is 0.108. The van der Waals surface area contributed by atoms with Gasteiger partial charge in [-0.25, -0.2) is 4.79 Å². The minimum absolute atomic E-state index is 0.0427. The second-order valence-electron chi connectivity index (χ2n) is 4.96. The van der Waals surface area contributed by atoms with Crippen LogP contribution in [0.5, 0.6) is 0 Å². The fraction of sp³-hybridized carbons (Fsp3) is 0.846. The molecule has 6 nitrogen and oxygen atoms in total. The van der Waals surface area contributed by atoms with Gasteiger partial charge in [0.15, 0.2) is 0 Å². The highest BCUT2D eigenvalue weighted by atomic mass is 16.2. The van der Waals surface area contributed by atoms with Crippen molar-refractivity contribution in [1.29, 1.82) is 0 Å². The lowest BCUT2D eigenvalue weighted by Crippen LogP contribution is -2.53. The number of carbonyl (C=O) groups is 2. The topological polar surface area (TPSA) is 78.7 Å². The van der Waals surface area contributed by atoms with E-state index in [1.54, 1.807) is 4.90 Å². The summed E-state index contributed by atoms with van der Waals surface area (Å²) in [6.45, 7) is 7.00. The molecule has 1 unspecified atom stereocenters. The molecule has 0 radical (unpaired) electrons. The molecule has 6 heteroatoms. The zero-order valence-corrected chi connectivity index (χ0v) is 12.0. The second kappa shape index (κ2) is 7.99. The van der Waals surface area contributed by atoms with Crippen LogP contribution in [0.4, 0.5) is 4.79 Å². The number of rotatable bonds is 5. The average molecular weight is 270 g/mol. The summed E-state index contributed by atoms with van der Waals surface area (Å²) in [5, 5.41) is 2.77. The lowest BCUT2D eigenvalue weighted by Gasteiger charge is -2.35. The summed E-state index contributed by atoms with van der Waals surface area (Å²) >= 11 is 0. The molecule has 1 aliphatic heterocycles. The Morgan fingerprint density at radius 1 is 1.16 bits per heavy atom. The second-order valence-corrected chi connectivity index (χ2v) is 4.96. The molecule has 0 spiro atoms. The molecule has 1 aliphatic rings. The van der Waals surface area contributed by atoms with E-state index in [0.717, 1.165) is 12.8 Å². The van der Waals surface area contributed by atoms with E-state index in [0.29, 0.717) is 39.1 Å². The molecule has 3 N–H and O–H groups in total. The van der Waals surface area contributed by atoms with E-state index in [4.69, 9.17) is 5.73 Å². The monoisotopic (exact) mass is 270 g/mol. The van der Waals surface area contributed by atoms with Crippen molar-refractivity contribution in [2.45, 2.75) is 39.2 Å². The van der Waals surface area contributed by atoms with Gasteiger partial charge in [-0.1, -0.05) is 13.3 Å². The van der Waals surface area contributed by atoms with Crippen LogP contribution in [0, 0.1) is 0 Å². The van der Waals surface area contributed by atoms with Crippen molar-refractivity contribution in [3.8, 4) is 0 Å². The average Bonchev–Trinajstić information content (AvgIpc) is 2.39. The van der Waals surface area contributed by atoms with Gasteiger partial charge in [-0.05, 0) is 13.3 Å². The van der Waals surface area contributed by atoms with E-state index in [-0.39, 0.29) is 18.0 Å². The molecular weight excluding hydrogens is 244 g/mol. The lowest BCUT2D eigenvalue weighted by atomic mass is 10.1. The highest BCUT2D eigenvalue weighted by Gasteiger charge is 2.24. The van der Waals surface area contributed by atoms with Crippen molar-refractivity contribution in [2.75, 3.05) is 32.7 Å². The molecule has 0 aliphatic carbocycles. The Balaban J connectivity index is 2.32. The molecule has 1 saturated heterocycles. The van der Waals surface area contributed by atoms with Crippen molar-refractivity contribution in [1.82, 2.24) is 15.1 Å². The van der Waals surface area contributed by atoms with Gasteiger partial charge in [-0.15, -0.1) is 0 Å². The molecule has 19 heavy (non-hydrogen) atoms. The van der Waals surface area contributed by atoms with E-state index in [9.17, 15) is 9.59 Å². The van der Waals surface area contributed by atoms with Crippen molar-refractivity contribution in [2.24, 2.45) is 5.73 Å². The summed E-state index contributed by atoms with van der Waals surface area (Å²) in [6.07, 6.45) is 2.29. The van der Waals surface area contributed by atoms with Crippen LogP contribution >= 0.6 is 0 Å². The molecule has 0 aromatic carbocycles. The normalized spacial score (nSPS) is 17.2. The maximum Gasteiger partial charge on any atom is 0.317 e. The molecule has 0 bridgehead atoms. The summed E-state index contributed by atoms with van der Waals surface area (Å²) in [5.41, 5.74) is 5.88. The number of amides is 3. The van der Waals surface area contributed by atoms with Gasteiger partial charge in [0.05, 0.1) is 0 Å². The van der Waals surface area contributed by atoms with E-state index in [1.165, 1.54) is 0 Å². The Morgan fingerprint density at radius 2 is 1.74 bits per heavy atom. The van der Waals surface area contributed by atoms with Crippen molar-refractivity contribution in [3.05, 3.63) is 0 Å². The van der Waals surface area contributed by atoms with Crippen molar-refractivity contribution >= 4 is 11.9 Å². The number of piperazine rings is 1. The van der Waals surface area contributed by atoms with Gasteiger partial charge in [0, 0.05) is 45.2 Å². The number of hydrogen-bond donors (Lipinski definition) is 2. The Morgan fingerprint density at radius 3 is 2.26 bits per heavy atom. The van der Waals surface area contributed by atoms with E-state index < -0.39 is 0 Å². The van der Waals surface area contributed by atoms with Crippen molar-refractivity contribution < 1.29 is 9.59 Å². The minimum Gasteiger partial charge on any atom is -0.339 e. The fourth-order valence-corrected chi connectivity index (χ4v) is 2.25. The zero-order valence-electron chi connectivity index (χ0n) is 12.0. The summed E-state index contributed by atoms with van der Waals surface area (Å²) in [7, 11) is 0. The van der Waals surface area contributed by atoms with Crippen LogP contribution < -0.4 is 11.1 Å². The number of nitrogens with one attached hydrogen (secondary N) is 1. The quantitative estimate of drug-likeness (QED) is 0.758. The van der Waals surface area contributed by atoms with Gasteiger partial charge in [0.2, 0.25) is 5.91 Å². The van der Waals surface area contributed by atoms with Crippen molar-refractivity contribution in [3.63, 3.8) is 0 Å². The number of hydrogen-bond acceptors (Lipinski definition) is 3. The number of nitrogens with two attached hydrogens (primary N) is 1. The standard InChI is InChI=1S/C13H26N4O2/c1-3-5-11(14)10-12(18)16-6-8-17(9-7-16)13(19)15-4-2/h11H,3-10,14H2,1-2H3,(H,15,19). The first-order valence-electron chi connectivity index (χ1n) is 7.14. The summed E-state index contributed by atoms with van der Waals surface area (Å²) in [6, 6.07) is -0.0868. The molecule has 3 amide bonds. The highest BCUT2D eigenvalue weighted by Crippen LogP contribution is 2.07. The van der Waals surface area contributed by atoms with Crippen LogP contribution in [0.1, 0.15) is 33.1 Å². The molecule has 1 fully saturated rings. The first kappa shape index (κ1) is 15.8. The SMILES string of the molecule is CCCC(N)CC(=O)N1CCN(C(=O)NCC)CC1.